The number of likely N-dealkylation sites (N-methyl/N-ethyl adjacent to an activating group) is 2. The van der Waals surface area contributed by atoms with Crippen LogP contribution in [0.4, 0.5) is 9.59 Å². The van der Waals surface area contributed by atoms with E-state index in [0.29, 0.717) is 21.3 Å². The Morgan fingerprint density at radius 2 is 0.935 bits per heavy atom. The Labute approximate surface area is 268 Å². The second kappa shape index (κ2) is 12.9. The van der Waals surface area contributed by atoms with Gasteiger partial charge in [0.15, 0.2) is 11.1 Å². The number of hydroxylamine groups is 4. The maximum atomic E-state index is 12.5. The molecule has 2 aromatic rings. The summed E-state index contributed by atoms with van der Waals surface area (Å²) in [6, 6.07) is 17.8. The van der Waals surface area contributed by atoms with Gasteiger partial charge in [0.2, 0.25) is 0 Å². The molecule has 0 bridgehead atoms. The van der Waals surface area contributed by atoms with Crippen molar-refractivity contribution in [2.24, 2.45) is 10.2 Å². The first-order valence-electron chi connectivity index (χ1n) is 14.4. The van der Waals surface area contributed by atoms with E-state index < -0.39 is 46.3 Å². The Morgan fingerprint density at radius 3 is 1.20 bits per heavy atom. The molecule has 0 fully saturated rings. The molecule has 0 saturated carbocycles. The highest BCUT2D eigenvalue weighted by Crippen LogP contribution is 2.31. The van der Waals surface area contributed by atoms with Crippen LogP contribution in [-0.4, -0.2) is 102 Å². The lowest BCUT2D eigenvalue weighted by atomic mass is 9.90. The molecule has 2 heterocycles. The zero-order valence-corrected chi connectivity index (χ0v) is 27.8. The fraction of sp³-hybridized carbons (Fsp3) is 0.438. The Morgan fingerprint density at radius 1 is 0.652 bits per heavy atom. The van der Waals surface area contributed by atoms with Gasteiger partial charge in [0.1, 0.15) is 22.6 Å². The maximum absolute atomic E-state index is 12.5. The smallest absolute Gasteiger partial charge is 0.435 e. The topological polar surface area (TPSA) is 165 Å². The number of rotatable bonds is 4. The van der Waals surface area contributed by atoms with Gasteiger partial charge >= 0.3 is 12.2 Å². The van der Waals surface area contributed by atoms with E-state index in [0.717, 1.165) is 10.0 Å². The number of amides is 4. The van der Waals surface area contributed by atoms with Crippen molar-refractivity contribution in [3.05, 3.63) is 71.8 Å². The lowest BCUT2D eigenvalue weighted by molar-refractivity contribution is -0.162. The van der Waals surface area contributed by atoms with Crippen LogP contribution >= 0.6 is 0 Å². The summed E-state index contributed by atoms with van der Waals surface area (Å²) < 4.78 is 10.3. The minimum Gasteiger partial charge on any atom is -0.442 e. The average Bonchev–Trinajstić information content (AvgIpc) is 3.36. The predicted octanol–water partition coefficient (Wildman–Crippen LogP) is 4.50. The van der Waals surface area contributed by atoms with Crippen molar-refractivity contribution in [2.45, 2.75) is 77.7 Å². The van der Waals surface area contributed by atoms with Gasteiger partial charge < -0.3 is 9.47 Å². The van der Waals surface area contributed by atoms with E-state index >= 15 is 0 Å². The third-order valence-electron chi connectivity index (χ3n) is 6.92. The van der Waals surface area contributed by atoms with Crippen LogP contribution in [0, 0.1) is 0 Å². The van der Waals surface area contributed by atoms with Crippen molar-refractivity contribution in [3.8, 4) is 0 Å². The summed E-state index contributed by atoms with van der Waals surface area (Å²) in [4.78, 5) is 49.5. The maximum Gasteiger partial charge on any atom is 0.435 e. The minimum atomic E-state index is -1.65. The van der Waals surface area contributed by atoms with Gasteiger partial charge in [0.25, 0.3) is 11.8 Å². The average molecular weight is 639 g/mol. The zero-order chi connectivity index (χ0) is 34.8. The molecule has 4 amide bonds. The first-order chi connectivity index (χ1) is 21.1. The van der Waals surface area contributed by atoms with Crippen molar-refractivity contribution in [1.29, 1.82) is 0 Å². The molecule has 0 radical (unpaired) electrons. The van der Waals surface area contributed by atoms with Crippen LogP contribution in [-0.2, 0) is 19.1 Å². The molecule has 2 aromatic carbocycles. The number of carbonyl (C=O) groups excluding carboxylic acids is 4. The molecule has 2 aliphatic rings. The van der Waals surface area contributed by atoms with E-state index in [9.17, 15) is 29.6 Å². The first-order valence-corrected chi connectivity index (χ1v) is 14.4. The summed E-state index contributed by atoms with van der Waals surface area (Å²) in [5.74, 6) is -1.05. The lowest BCUT2D eigenvalue weighted by Gasteiger charge is -2.33. The van der Waals surface area contributed by atoms with Crippen LogP contribution in [0.2, 0.25) is 0 Å². The number of carbonyl (C=O) groups is 4. The molecule has 248 valence electrons. The van der Waals surface area contributed by atoms with Crippen molar-refractivity contribution in [2.75, 3.05) is 14.1 Å². The second-order valence-corrected chi connectivity index (χ2v) is 13.0. The molecule has 2 N–H and O–H groups in total. The summed E-state index contributed by atoms with van der Waals surface area (Å²) in [7, 11) is 2.94. The van der Waals surface area contributed by atoms with E-state index in [1.54, 1.807) is 90.1 Å². The molecule has 0 aromatic heterocycles. The van der Waals surface area contributed by atoms with Gasteiger partial charge in [-0.25, -0.2) is 19.6 Å². The summed E-state index contributed by atoms with van der Waals surface area (Å²) in [6.07, 6.45) is -2.01. The quantitative estimate of drug-likeness (QED) is 0.365. The molecule has 0 aliphatic carbocycles. The van der Waals surface area contributed by atoms with Gasteiger partial charge in [-0.15, -0.1) is 0 Å². The fourth-order valence-electron chi connectivity index (χ4n) is 4.65. The van der Waals surface area contributed by atoms with Gasteiger partial charge in [-0.05, 0) is 55.4 Å². The molecule has 14 heteroatoms. The highest BCUT2D eigenvalue weighted by Gasteiger charge is 2.55. The van der Waals surface area contributed by atoms with E-state index in [-0.39, 0.29) is 11.4 Å². The van der Waals surface area contributed by atoms with Gasteiger partial charge in [-0.2, -0.15) is 20.3 Å². The van der Waals surface area contributed by atoms with Crippen LogP contribution in [0.3, 0.4) is 0 Å². The predicted molar refractivity (Wildman–Crippen MR) is 168 cm³/mol. The van der Waals surface area contributed by atoms with Crippen molar-refractivity contribution >= 4 is 35.4 Å². The molecule has 4 rings (SSSR count). The number of ether oxygens (including phenoxy) is 2. The second-order valence-electron chi connectivity index (χ2n) is 13.0. The number of benzene rings is 2. The summed E-state index contributed by atoms with van der Waals surface area (Å²) in [5.41, 5.74) is -3.09. The Kier molecular flexibility index (Phi) is 9.99. The Bertz CT molecular complexity index is 1420. The van der Waals surface area contributed by atoms with Crippen LogP contribution < -0.4 is 0 Å². The van der Waals surface area contributed by atoms with Gasteiger partial charge in [0.05, 0.1) is 0 Å². The van der Waals surface area contributed by atoms with E-state index in [1.807, 2.05) is 12.1 Å². The molecule has 0 spiro atoms. The van der Waals surface area contributed by atoms with E-state index in [1.165, 1.54) is 27.9 Å². The SMILES string of the molecule is CN1N=C(c2ccccc2)C(C)(N(O)C(=O)OC(C)(C)C)C1=O.CN1N=C(c2ccccc2)C(C)(N(O)C(=O)OC(C)(C)C)C1=O. The fourth-order valence-corrected chi connectivity index (χ4v) is 4.65. The molecule has 0 saturated heterocycles. The zero-order valence-electron chi connectivity index (χ0n) is 27.8. The largest absolute Gasteiger partial charge is 0.442 e. The third-order valence-corrected chi connectivity index (χ3v) is 6.92. The third kappa shape index (κ3) is 7.18. The number of nitrogens with zero attached hydrogens (tertiary/aromatic N) is 6. The number of hydrogen-bond acceptors (Lipinski definition) is 10. The van der Waals surface area contributed by atoms with Gasteiger partial charge in [0, 0.05) is 25.2 Å². The molecular weight excluding hydrogens is 596 g/mol. The lowest BCUT2D eigenvalue weighted by Crippen LogP contribution is -2.59. The number of hydrazone groups is 2. The van der Waals surface area contributed by atoms with Crippen LogP contribution in [0.25, 0.3) is 0 Å². The number of hydrogen-bond donors (Lipinski definition) is 2. The van der Waals surface area contributed by atoms with E-state index in [4.69, 9.17) is 9.47 Å². The van der Waals surface area contributed by atoms with Crippen molar-refractivity contribution in [3.63, 3.8) is 0 Å². The normalized spacial score (nSPS) is 21.2. The molecule has 14 nitrogen and oxygen atoms in total. The Balaban J connectivity index is 0.000000250. The minimum absolute atomic E-state index is 0.277. The first kappa shape index (κ1) is 35.7. The Hall–Kier alpha value is -4.82. The standard InChI is InChI=1S/2C16H21N3O4/c2*1-15(2,3)23-14(21)19(22)16(4)12(17-18(5)13(16)20)11-9-7-6-8-10-11/h2*6-10,22H,1-5H3. The van der Waals surface area contributed by atoms with Crippen LogP contribution in [0.1, 0.15) is 66.5 Å². The molecule has 46 heavy (non-hydrogen) atoms. The molecule has 2 atom stereocenters. The van der Waals surface area contributed by atoms with Crippen LogP contribution in [0.15, 0.2) is 70.9 Å². The van der Waals surface area contributed by atoms with Gasteiger partial charge in [-0.3, -0.25) is 20.0 Å². The van der Waals surface area contributed by atoms with Crippen LogP contribution in [0.5, 0.6) is 0 Å². The van der Waals surface area contributed by atoms with Crippen molar-refractivity contribution < 1.29 is 39.1 Å². The highest BCUT2D eigenvalue weighted by molar-refractivity contribution is 6.24. The summed E-state index contributed by atoms with van der Waals surface area (Å²) in [5, 5.41) is 32.0. The van der Waals surface area contributed by atoms with E-state index in [2.05, 4.69) is 10.2 Å². The summed E-state index contributed by atoms with van der Waals surface area (Å²) >= 11 is 0. The summed E-state index contributed by atoms with van der Waals surface area (Å²) in [6.45, 7) is 12.9. The highest BCUT2D eigenvalue weighted by atomic mass is 16.6. The molecule has 2 aliphatic heterocycles. The van der Waals surface area contributed by atoms with Crippen molar-refractivity contribution in [1.82, 2.24) is 20.1 Å². The molecular formula is C32H42N6O8. The molecule has 2 unspecified atom stereocenters. The monoisotopic (exact) mass is 638 g/mol. The van der Waals surface area contributed by atoms with Gasteiger partial charge in [-0.1, -0.05) is 60.7 Å².